The molecule has 2 nitrogen and oxygen atoms in total. The lowest BCUT2D eigenvalue weighted by Crippen LogP contribution is -1.99. The topological polar surface area (TPSA) is 38.9 Å². The molecule has 0 aliphatic rings. The van der Waals surface area contributed by atoms with Crippen LogP contribution in [0.2, 0.25) is 10.0 Å². The van der Waals surface area contributed by atoms with Gasteiger partial charge >= 0.3 is 0 Å². The van der Waals surface area contributed by atoms with Gasteiger partial charge in [0.2, 0.25) is 0 Å². The van der Waals surface area contributed by atoms with Crippen LogP contribution in [-0.4, -0.2) is 4.98 Å². The summed E-state index contributed by atoms with van der Waals surface area (Å²) in [6.07, 6.45) is 2.42. The third kappa shape index (κ3) is 2.90. The lowest BCUT2D eigenvalue weighted by atomic mass is 10.0. The van der Waals surface area contributed by atoms with Crippen molar-refractivity contribution < 1.29 is 0 Å². The SMILES string of the molecule is Cc1cnc(N)c(Cc2ccc(Cl)cc2Cl)c1. The number of aromatic nitrogens is 1. The summed E-state index contributed by atoms with van der Waals surface area (Å²) in [6, 6.07) is 7.49. The van der Waals surface area contributed by atoms with Gasteiger partial charge in [0.1, 0.15) is 5.82 Å². The molecule has 0 radical (unpaired) electrons. The van der Waals surface area contributed by atoms with Crippen LogP contribution in [0.15, 0.2) is 30.5 Å². The molecule has 0 bridgehead atoms. The van der Waals surface area contributed by atoms with E-state index in [1.165, 1.54) is 0 Å². The molecule has 2 rings (SSSR count). The highest BCUT2D eigenvalue weighted by molar-refractivity contribution is 6.35. The molecule has 1 aromatic carbocycles. The van der Waals surface area contributed by atoms with Gasteiger partial charge in [-0.15, -0.1) is 0 Å². The van der Waals surface area contributed by atoms with E-state index in [1.807, 2.05) is 25.1 Å². The number of aryl methyl sites for hydroxylation is 1. The molecular weight excluding hydrogens is 255 g/mol. The van der Waals surface area contributed by atoms with Crippen molar-refractivity contribution in [3.05, 3.63) is 57.2 Å². The molecule has 0 unspecified atom stereocenters. The van der Waals surface area contributed by atoms with Crippen molar-refractivity contribution in [2.24, 2.45) is 0 Å². The summed E-state index contributed by atoms with van der Waals surface area (Å²) < 4.78 is 0. The van der Waals surface area contributed by atoms with Crippen LogP contribution < -0.4 is 5.73 Å². The van der Waals surface area contributed by atoms with Crippen LogP contribution in [0.25, 0.3) is 0 Å². The van der Waals surface area contributed by atoms with E-state index in [-0.39, 0.29) is 0 Å². The van der Waals surface area contributed by atoms with Gasteiger partial charge in [0.25, 0.3) is 0 Å². The number of pyridine rings is 1. The van der Waals surface area contributed by atoms with Gasteiger partial charge in [-0.2, -0.15) is 0 Å². The molecular formula is C13H12Cl2N2. The summed E-state index contributed by atoms with van der Waals surface area (Å²) >= 11 is 12.0. The highest BCUT2D eigenvalue weighted by Crippen LogP contribution is 2.24. The average Bonchev–Trinajstić information content (AvgIpc) is 2.27. The predicted molar refractivity (Wildman–Crippen MR) is 72.7 cm³/mol. The predicted octanol–water partition coefficient (Wildman–Crippen LogP) is 3.87. The van der Waals surface area contributed by atoms with Gasteiger partial charge in [0.15, 0.2) is 0 Å². The van der Waals surface area contributed by atoms with Crippen molar-refractivity contribution in [1.82, 2.24) is 4.98 Å². The molecule has 2 N–H and O–H groups in total. The molecule has 2 aromatic rings. The molecule has 0 saturated carbocycles. The Kier molecular flexibility index (Phi) is 3.55. The maximum atomic E-state index is 6.13. The van der Waals surface area contributed by atoms with Gasteiger partial charge in [-0.25, -0.2) is 4.98 Å². The first kappa shape index (κ1) is 12.2. The number of rotatable bonds is 2. The molecule has 0 aliphatic carbocycles. The molecule has 0 spiro atoms. The van der Waals surface area contributed by atoms with Gasteiger partial charge in [-0.3, -0.25) is 0 Å². The van der Waals surface area contributed by atoms with E-state index in [0.29, 0.717) is 22.3 Å². The Labute approximate surface area is 110 Å². The molecule has 0 aliphatic heterocycles. The Balaban J connectivity index is 2.34. The third-order valence-corrected chi connectivity index (χ3v) is 3.12. The second kappa shape index (κ2) is 4.94. The van der Waals surface area contributed by atoms with E-state index in [9.17, 15) is 0 Å². The summed E-state index contributed by atoms with van der Waals surface area (Å²) in [6.45, 7) is 1.99. The van der Waals surface area contributed by atoms with E-state index < -0.39 is 0 Å². The Morgan fingerprint density at radius 1 is 1.18 bits per heavy atom. The minimum absolute atomic E-state index is 0.543. The van der Waals surface area contributed by atoms with Crippen LogP contribution in [0.5, 0.6) is 0 Å². The zero-order valence-electron chi connectivity index (χ0n) is 9.37. The van der Waals surface area contributed by atoms with Crippen molar-refractivity contribution in [2.45, 2.75) is 13.3 Å². The van der Waals surface area contributed by atoms with Crippen LogP contribution >= 0.6 is 23.2 Å². The zero-order valence-corrected chi connectivity index (χ0v) is 10.9. The fourth-order valence-electron chi connectivity index (χ4n) is 1.65. The normalized spacial score (nSPS) is 10.5. The van der Waals surface area contributed by atoms with Gasteiger partial charge in [-0.05, 0) is 35.7 Å². The molecule has 1 heterocycles. The van der Waals surface area contributed by atoms with Crippen LogP contribution in [0.4, 0.5) is 5.82 Å². The molecule has 0 saturated heterocycles. The summed E-state index contributed by atoms with van der Waals surface area (Å²) in [4.78, 5) is 4.13. The molecule has 0 fully saturated rings. The van der Waals surface area contributed by atoms with E-state index >= 15 is 0 Å². The zero-order chi connectivity index (χ0) is 12.4. The fourth-order valence-corrected chi connectivity index (χ4v) is 2.13. The number of halogens is 2. The quantitative estimate of drug-likeness (QED) is 0.897. The smallest absolute Gasteiger partial charge is 0.126 e. The lowest BCUT2D eigenvalue weighted by molar-refractivity contribution is 1.14. The standard InChI is InChI=1S/C13H12Cl2N2/c1-8-4-10(13(16)17-7-8)5-9-2-3-11(14)6-12(9)15/h2-4,6-7H,5H2,1H3,(H2,16,17). The maximum Gasteiger partial charge on any atom is 0.126 e. The molecule has 0 atom stereocenters. The Bertz CT molecular complexity index is 553. The van der Waals surface area contributed by atoms with E-state index in [4.69, 9.17) is 28.9 Å². The van der Waals surface area contributed by atoms with Crippen molar-refractivity contribution in [3.8, 4) is 0 Å². The van der Waals surface area contributed by atoms with E-state index in [1.54, 1.807) is 12.3 Å². The van der Waals surface area contributed by atoms with Crippen LogP contribution in [0, 0.1) is 6.92 Å². The van der Waals surface area contributed by atoms with Gasteiger partial charge in [-0.1, -0.05) is 35.3 Å². The fraction of sp³-hybridized carbons (Fsp3) is 0.154. The summed E-state index contributed by atoms with van der Waals surface area (Å²) in [5.74, 6) is 0.543. The van der Waals surface area contributed by atoms with Gasteiger partial charge in [0, 0.05) is 22.7 Å². The lowest BCUT2D eigenvalue weighted by Gasteiger charge is -2.08. The first-order chi connectivity index (χ1) is 8.06. The van der Waals surface area contributed by atoms with Crippen LogP contribution in [-0.2, 0) is 6.42 Å². The minimum Gasteiger partial charge on any atom is -0.383 e. The first-order valence-electron chi connectivity index (χ1n) is 5.21. The Hall–Kier alpha value is -1.25. The molecule has 0 amide bonds. The molecule has 4 heteroatoms. The van der Waals surface area contributed by atoms with Gasteiger partial charge in [0.05, 0.1) is 0 Å². The highest BCUT2D eigenvalue weighted by atomic mass is 35.5. The number of hydrogen-bond acceptors (Lipinski definition) is 2. The number of hydrogen-bond donors (Lipinski definition) is 1. The largest absolute Gasteiger partial charge is 0.383 e. The second-order valence-corrected chi connectivity index (χ2v) is 4.81. The van der Waals surface area contributed by atoms with Crippen LogP contribution in [0.3, 0.4) is 0 Å². The summed E-state index contributed by atoms with van der Waals surface area (Å²) in [5, 5.41) is 1.28. The molecule has 1 aromatic heterocycles. The van der Waals surface area contributed by atoms with Crippen molar-refractivity contribution >= 4 is 29.0 Å². The maximum absolute atomic E-state index is 6.13. The highest BCUT2D eigenvalue weighted by Gasteiger charge is 2.06. The Morgan fingerprint density at radius 2 is 1.94 bits per heavy atom. The van der Waals surface area contributed by atoms with Crippen molar-refractivity contribution in [2.75, 3.05) is 5.73 Å². The number of benzene rings is 1. The number of nitrogen functional groups attached to an aromatic ring is 1. The number of anilines is 1. The van der Waals surface area contributed by atoms with Gasteiger partial charge < -0.3 is 5.73 Å². The summed E-state index contributed by atoms with van der Waals surface area (Å²) in [5.41, 5.74) is 8.90. The second-order valence-electron chi connectivity index (χ2n) is 3.97. The Morgan fingerprint density at radius 3 is 2.65 bits per heavy atom. The van der Waals surface area contributed by atoms with E-state index in [0.717, 1.165) is 16.7 Å². The van der Waals surface area contributed by atoms with E-state index in [2.05, 4.69) is 4.98 Å². The van der Waals surface area contributed by atoms with Crippen molar-refractivity contribution in [1.29, 1.82) is 0 Å². The molecule has 88 valence electrons. The number of nitrogens with zero attached hydrogens (tertiary/aromatic N) is 1. The van der Waals surface area contributed by atoms with Crippen LogP contribution in [0.1, 0.15) is 16.7 Å². The third-order valence-electron chi connectivity index (χ3n) is 2.53. The first-order valence-corrected chi connectivity index (χ1v) is 5.97. The monoisotopic (exact) mass is 266 g/mol. The van der Waals surface area contributed by atoms with Crippen molar-refractivity contribution in [3.63, 3.8) is 0 Å². The average molecular weight is 267 g/mol. The summed E-state index contributed by atoms with van der Waals surface area (Å²) in [7, 11) is 0. The molecule has 17 heavy (non-hydrogen) atoms. The minimum atomic E-state index is 0.543. The number of nitrogens with two attached hydrogens (primary N) is 1.